The summed E-state index contributed by atoms with van der Waals surface area (Å²) >= 11 is 0. The van der Waals surface area contributed by atoms with Gasteiger partial charge in [0.25, 0.3) is 5.91 Å². The molecule has 218 valence electrons. The highest BCUT2D eigenvalue weighted by Crippen LogP contribution is 2.60. The molecule has 3 aliphatic carbocycles. The number of fused-ring (bicyclic) bond motifs is 1. The molecule has 2 heterocycles. The first-order valence-corrected chi connectivity index (χ1v) is 14.9. The number of nitrogens with zero attached hydrogens (tertiary/aromatic N) is 1. The topological polar surface area (TPSA) is 90.5 Å². The Morgan fingerprint density at radius 1 is 1.02 bits per heavy atom. The number of amides is 3. The average molecular weight is 561 g/mol. The van der Waals surface area contributed by atoms with Crippen LogP contribution in [0.4, 0.5) is 18.9 Å². The molecule has 0 bridgehead atoms. The second kappa shape index (κ2) is 10.7. The van der Waals surface area contributed by atoms with Crippen molar-refractivity contribution < 1.29 is 27.6 Å². The molecule has 6 rings (SSSR count). The van der Waals surface area contributed by atoms with Crippen molar-refractivity contribution in [3.05, 3.63) is 29.3 Å². The summed E-state index contributed by atoms with van der Waals surface area (Å²) in [5, 5.41) is 9.36. The molecule has 10 heteroatoms. The van der Waals surface area contributed by atoms with Crippen molar-refractivity contribution in [2.75, 3.05) is 11.9 Å². The molecule has 1 saturated heterocycles. The van der Waals surface area contributed by atoms with Gasteiger partial charge in [-0.2, -0.15) is 13.2 Å². The number of piperidine rings is 1. The fraction of sp³-hybridized carbons (Fsp3) is 0.700. The molecule has 0 unspecified atom stereocenters. The van der Waals surface area contributed by atoms with Crippen LogP contribution in [0.15, 0.2) is 18.2 Å². The number of carbonyl (C=O) groups is 3. The zero-order valence-corrected chi connectivity index (χ0v) is 22.8. The number of hydrogen-bond donors (Lipinski definition) is 3. The summed E-state index contributed by atoms with van der Waals surface area (Å²) in [4.78, 5) is 39.1. The van der Waals surface area contributed by atoms with Gasteiger partial charge in [0.05, 0.1) is 6.42 Å². The number of nitrogens with one attached hydrogen (secondary N) is 3. The third-order valence-electron chi connectivity index (χ3n) is 10.3. The number of carbonyl (C=O) groups excluding carboxylic acids is 3. The number of alkyl halides is 3. The van der Waals surface area contributed by atoms with Crippen LogP contribution >= 0.6 is 0 Å². The molecule has 0 radical (unpaired) electrons. The predicted molar refractivity (Wildman–Crippen MR) is 143 cm³/mol. The highest BCUT2D eigenvalue weighted by Gasteiger charge is 2.52. The van der Waals surface area contributed by atoms with Gasteiger partial charge in [0.15, 0.2) is 0 Å². The minimum Gasteiger partial charge on any atom is -0.381 e. The van der Waals surface area contributed by atoms with Crippen molar-refractivity contribution in [2.45, 2.75) is 108 Å². The smallest absolute Gasteiger partial charge is 0.381 e. The van der Waals surface area contributed by atoms with Gasteiger partial charge in [-0.1, -0.05) is 12.5 Å². The van der Waals surface area contributed by atoms with Gasteiger partial charge in [0.1, 0.15) is 6.04 Å². The molecule has 7 nitrogen and oxygen atoms in total. The Morgan fingerprint density at radius 3 is 2.42 bits per heavy atom. The Balaban J connectivity index is 1.15. The second-order valence-electron chi connectivity index (χ2n) is 12.9. The first-order valence-electron chi connectivity index (χ1n) is 14.9. The van der Waals surface area contributed by atoms with Crippen LogP contribution in [-0.4, -0.2) is 53.5 Å². The van der Waals surface area contributed by atoms with E-state index < -0.39 is 24.5 Å². The largest absolute Gasteiger partial charge is 0.390 e. The van der Waals surface area contributed by atoms with Crippen molar-refractivity contribution in [2.24, 2.45) is 17.3 Å². The van der Waals surface area contributed by atoms with Gasteiger partial charge in [-0.15, -0.1) is 0 Å². The van der Waals surface area contributed by atoms with E-state index in [0.717, 1.165) is 36.9 Å². The van der Waals surface area contributed by atoms with Crippen molar-refractivity contribution in [1.82, 2.24) is 15.5 Å². The van der Waals surface area contributed by atoms with E-state index in [9.17, 15) is 27.6 Å². The van der Waals surface area contributed by atoms with Crippen LogP contribution in [0.5, 0.6) is 0 Å². The highest BCUT2D eigenvalue weighted by atomic mass is 19.4. The Labute approximate surface area is 233 Å². The van der Waals surface area contributed by atoms with Crippen molar-refractivity contribution in [1.29, 1.82) is 0 Å². The standard InChI is InChI=1S/C30H39F3N4O3/c31-30(32,33)13-14-34-20-7-5-18(6-8-20)26(19-15-29(16-19)11-2-12-29)35-23-4-1-3-21-22(23)17-37(28(21)40)24-9-10-25(38)36-27(24)39/h1,3-4,18-20,24,26,34-35H,2,5-17H2,(H,36,38,39)/t18?,20?,24-,26-/m0/s1. The molecule has 5 aliphatic rings. The van der Waals surface area contributed by atoms with E-state index >= 15 is 0 Å². The predicted octanol–water partition coefficient (Wildman–Crippen LogP) is 4.91. The van der Waals surface area contributed by atoms with Crippen LogP contribution in [0.25, 0.3) is 0 Å². The Bertz CT molecular complexity index is 1150. The van der Waals surface area contributed by atoms with Crippen LogP contribution in [0.3, 0.4) is 0 Å². The first-order chi connectivity index (χ1) is 19.1. The fourth-order valence-electron chi connectivity index (χ4n) is 8.01. The Hall–Kier alpha value is -2.62. The molecular weight excluding hydrogens is 521 g/mol. The lowest BCUT2D eigenvalue weighted by Gasteiger charge is -2.58. The molecule has 1 spiro atoms. The number of hydrogen-bond acceptors (Lipinski definition) is 5. The van der Waals surface area contributed by atoms with E-state index in [1.54, 1.807) is 4.90 Å². The summed E-state index contributed by atoms with van der Waals surface area (Å²) in [6, 6.07) is 5.45. The van der Waals surface area contributed by atoms with Crippen molar-refractivity contribution >= 4 is 23.4 Å². The molecular formula is C30H39F3N4O3. The van der Waals surface area contributed by atoms with Gasteiger partial charge in [-0.25, -0.2) is 0 Å². The van der Waals surface area contributed by atoms with E-state index in [1.807, 2.05) is 18.2 Å². The third kappa shape index (κ3) is 5.48. The SMILES string of the molecule is O=C1CC[C@H](N2Cc3c(N[C@@H](C4CCC(NCCC(F)(F)F)CC4)C4CC5(CCC5)C4)cccc3C2=O)C(=O)N1. The van der Waals surface area contributed by atoms with Gasteiger partial charge in [-0.3, -0.25) is 19.7 Å². The number of rotatable bonds is 8. The molecule has 2 aliphatic heterocycles. The molecule has 4 fully saturated rings. The van der Waals surface area contributed by atoms with Crippen LogP contribution in [0.1, 0.15) is 93.0 Å². The summed E-state index contributed by atoms with van der Waals surface area (Å²) in [6.45, 7) is 0.306. The Morgan fingerprint density at radius 2 is 1.77 bits per heavy atom. The average Bonchev–Trinajstić information content (AvgIpc) is 3.18. The molecule has 0 aromatic heterocycles. The maximum absolute atomic E-state index is 13.3. The van der Waals surface area contributed by atoms with E-state index in [0.29, 0.717) is 35.8 Å². The summed E-state index contributed by atoms with van der Waals surface area (Å²) < 4.78 is 37.8. The zero-order chi connectivity index (χ0) is 28.1. The van der Waals surface area contributed by atoms with Crippen LogP contribution in [-0.2, 0) is 16.1 Å². The van der Waals surface area contributed by atoms with Crippen LogP contribution in [0.2, 0.25) is 0 Å². The highest BCUT2D eigenvalue weighted by molar-refractivity contribution is 6.06. The van der Waals surface area contributed by atoms with Gasteiger partial charge in [-0.05, 0) is 87.2 Å². The second-order valence-corrected chi connectivity index (χ2v) is 12.9. The van der Waals surface area contributed by atoms with E-state index in [1.165, 1.54) is 32.1 Å². The lowest BCUT2D eigenvalue weighted by atomic mass is 9.49. The molecule has 2 atom stereocenters. The Kier molecular flexibility index (Phi) is 7.34. The van der Waals surface area contributed by atoms with E-state index in [4.69, 9.17) is 0 Å². The molecule has 40 heavy (non-hydrogen) atoms. The number of anilines is 1. The number of benzene rings is 1. The monoisotopic (exact) mass is 560 g/mol. The lowest BCUT2D eigenvalue weighted by Crippen LogP contribution is -2.52. The maximum atomic E-state index is 13.3. The van der Waals surface area contributed by atoms with Crippen molar-refractivity contribution in [3.63, 3.8) is 0 Å². The first kappa shape index (κ1) is 27.5. The summed E-state index contributed by atoms with van der Waals surface area (Å²) in [5.74, 6) is 0.0741. The summed E-state index contributed by atoms with van der Waals surface area (Å²) in [6.07, 6.45) is 5.63. The summed E-state index contributed by atoms with van der Waals surface area (Å²) in [7, 11) is 0. The van der Waals surface area contributed by atoms with E-state index in [2.05, 4.69) is 16.0 Å². The molecule has 1 aromatic carbocycles. The third-order valence-corrected chi connectivity index (χ3v) is 10.3. The van der Waals surface area contributed by atoms with Crippen molar-refractivity contribution in [3.8, 4) is 0 Å². The number of imide groups is 1. The zero-order valence-electron chi connectivity index (χ0n) is 22.8. The van der Waals surface area contributed by atoms with E-state index in [-0.39, 0.29) is 36.9 Å². The minimum absolute atomic E-state index is 0.0283. The normalized spacial score (nSPS) is 29.0. The molecule has 3 amide bonds. The molecule has 1 aromatic rings. The van der Waals surface area contributed by atoms with Gasteiger partial charge >= 0.3 is 6.18 Å². The maximum Gasteiger partial charge on any atom is 0.390 e. The lowest BCUT2D eigenvalue weighted by molar-refractivity contribution is -0.137. The van der Waals surface area contributed by atoms with Gasteiger partial charge in [0, 0.05) is 48.4 Å². The minimum atomic E-state index is -4.13. The fourth-order valence-corrected chi connectivity index (χ4v) is 8.01. The number of halogens is 3. The van der Waals surface area contributed by atoms with Gasteiger partial charge < -0.3 is 15.5 Å². The summed E-state index contributed by atoms with van der Waals surface area (Å²) in [5.41, 5.74) is 2.96. The quantitative estimate of drug-likeness (QED) is 0.393. The van der Waals surface area contributed by atoms with Crippen LogP contribution < -0.4 is 16.0 Å². The van der Waals surface area contributed by atoms with Crippen LogP contribution in [0, 0.1) is 17.3 Å². The molecule has 3 saturated carbocycles. The molecule has 3 N–H and O–H groups in total. The van der Waals surface area contributed by atoms with Gasteiger partial charge in [0.2, 0.25) is 11.8 Å².